The molecular weight excluding hydrogens is 440 g/mol. The predicted octanol–water partition coefficient (Wildman–Crippen LogP) is 5.02. The molecule has 2 aromatic carbocycles. The fourth-order valence-corrected chi connectivity index (χ4v) is 7.03. The van der Waals surface area contributed by atoms with Gasteiger partial charge in [-0.05, 0) is 62.3 Å². The summed E-state index contributed by atoms with van der Waals surface area (Å²) in [5, 5.41) is 3.78. The van der Waals surface area contributed by atoms with Crippen molar-refractivity contribution in [1.29, 1.82) is 0 Å². The molecule has 0 unspecified atom stereocenters. The molecule has 1 N–H and O–H groups in total. The molecule has 2 aromatic rings. The summed E-state index contributed by atoms with van der Waals surface area (Å²) >= 11 is 2.03. The molecule has 1 saturated carbocycles. The number of rotatable bonds is 7. The van der Waals surface area contributed by atoms with Crippen LogP contribution in [0.25, 0.3) is 0 Å². The molecule has 1 heterocycles. The normalized spacial score (nSPS) is 18.6. The standard InChI is InChI=1S/C25H30N2O3S2/c1-2-27-21-17-18(24(28)26-15-8-16-31-19-9-4-3-5-10-19)13-14-23(21)32(30)22-12-7-6-11-20(22)25(27)29/h6-7,11-14,17,19H,2-5,8-10,15-16H2,1H3,(H,26,28)/t32-/m0/s1. The van der Waals surface area contributed by atoms with Gasteiger partial charge in [-0.1, -0.05) is 31.4 Å². The van der Waals surface area contributed by atoms with Crippen molar-refractivity contribution >= 4 is 40.1 Å². The molecule has 0 saturated heterocycles. The fourth-order valence-electron chi connectivity index (χ4n) is 4.38. The van der Waals surface area contributed by atoms with Gasteiger partial charge in [0.1, 0.15) is 0 Å². The van der Waals surface area contributed by atoms with Gasteiger partial charge in [-0.25, -0.2) is 4.21 Å². The van der Waals surface area contributed by atoms with E-state index in [-0.39, 0.29) is 11.8 Å². The van der Waals surface area contributed by atoms with Gasteiger partial charge in [-0.2, -0.15) is 11.8 Å². The number of hydrogen-bond donors (Lipinski definition) is 1. The largest absolute Gasteiger partial charge is 0.352 e. The Kier molecular flexibility index (Phi) is 7.68. The minimum Gasteiger partial charge on any atom is -0.352 e. The SMILES string of the molecule is CCN1C(=O)c2ccccc2[S@](=O)c2ccc(C(=O)NCCCSC3CCCCC3)cc21. The molecule has 5 nitrogen and oxygen atoms in total. The maximum atomic E-state index is 13.2. The van der Waals surface area contributed by atoms with Gasteiger partial charge in [0.2, 0.25) is 0 Å². The Morgan fingerprint density at radius 3 is 2.69 bits per heavy atom. The molecule has 1 atom stereocenters. The smallest absolute Gasteiger partial charge is 0.259 e. The van der Waals surface area contributed by atoms with Gasteiger partial charge in [-0.15, -0.1) is 0 Å². The molecule has 32 heavy (non-hydrogen) atoms. The molecule has 0 aromatic heterocycles. The molecular formula is C25H30N2O3S2. The first-order valence-corrected chi connectivity index (χ1v) is 13.7. The molecule has 0 bridgehead atoms. The summed E-state index contributed by atoms with van der Waals surface area (Å²) in [5.41, 5.74) is 1.48. The second-order valence-electron chi connectivity index (χ2n) is 8.24. The Morgan fingerprint density at radius 1 is 1.12 bits per heavy atom. The number of carbonyl (C=O) groups is 2. The topological polar surface area (TPSA) is 66.5 Å². The van der Waals surface area contributed by atoms with Gasteiger partial charge < -0.3 is 10.2 Å². The number of amides is 2. The average Bonchev–Trinajstić information content (AvgIpc) is 2.92. The summed E-state index contributed by atoms with van der Waals surface area (Å²) in [6.45, 7) is 2.94. The van der Waals surface area contributed by atoms with Crippen LogP contribution >= 0.6 is 11.8 Å². The van der Waals surface area contributed by atoms with E-state index in [9.17, 15) is 13.8 Å². The summed E-state index contributed by atoms with van der Waals surface area (Å²) in [4.78, 5) is 28.6. The fraction of sp³-hybridized carbons (Fsp3) is 0.440. The van der Waals surface area contributed by atoms with Crippen molar-refractivity contribution in [3.8, 4) is 0 Å². The van der Waals surface area contributed by atoms with Crippen molar-refractivity contribution < 1.29 is 13.8 Å². The van der Waals surface area contributed by atoms with Crippen LogP contribution in [-0.4, -0.2) is 40.1 Å². The molecule has 2 aliphatic rings. The van der Waals surface area contributed by atoms with Gasteiger partial charge in [-0.3, -0.25) is 9.59 Å². The van der Waals surface area contributed by atoms with E-state index in [0.717, 1.165) is 17.4 Å². The number of benzene rings is 2. The van der Waals surface area contributed by atoms with E-state index in [2.05, 4.69) is 5.32 Å². The number of nitrogens with one attached hydrogen (secondary N) is 1. The van der Waals surface area contributed by atoms with Crippen molar-refractivity contribution in [3.63, 3.8) is 0 Å². The number of thioether (sulfide) groups is 1. The number of nitrogens with zero attached hydrogens (tertiary/aromatic N) is 1. The third-order valence-electron chi connectivity index (χ3n) is 6.10. The van der Waals surface area contributed by atoms with E-state index in [4.69, 9.17) is 0 Å². The first-order chi connectivity index (χ1) is 15.6. The molecule has 2 amide bonds. The summed E-state index contributed by atoms with van der Waals surface area (Å²) in [6, 6.07) is 12.1. The predicted molar refractivity (Wildman–Crippen MR) is 131 cm³/mol. The zero-order valence-electron chi connectivity index (χ0n) is 18.5. The Hall–Kier alpha value is -2.12. The van der Waals surface area contributed by atoms with Crippen LogP contribution in [0.4, 0.5) is 5.69 Å². The lowest BCUT2D eigenvalue weighted by Gasteiger charge is -2.21. The number of fused-ring (bicyclic) bond motifs is 2. The molecule has 1 fully saturated rings. The van der Waals surface area contributed by atoms with Crippen molar-refractivity contribution in [2.45, 2.75) is 60.5 Å². The highest BCUT2D eigenvalue weighted by atomic mass is 32.2. The number of carbonyl (C=O) groups excluding carboxylic acids is 2. The van der Waals surface area contributed by atoms with Gasteiger partial charge in [0.15, 0.2) is 0 Å². The van der Waals surface area contributed by atoms with Gasteiger partial charge >= 0.3 is 0 Å². The van der Waals surface area contributed by atoms with Crippen LogP contribution in [0.3, 0.4) is 0 Å². The molecule has 1 aliphatic heterocycles. The minimum atomic E-state index is -1.48. The highest BCUT2D eigenvalue weighted by Gasteiger charge is 2.30. The highest BCUT2D eigenvalue weighted by molar-refractivity contribution is 7.99. The summed E-state index contributed by atoms with van der Waals surface area (Å²) in [7, 11) is -1.48. The van der Waals surface area contributed by atoms with Gasteiger partial charge in [0.05, 0.1) is 31.8 Å². The van der Waals surface area contributed by atoms with Crippen LogP contribution < -0.4 is 10.2 Å². The summed E-state index contributed by atoms with van der Waals surface area (Å²) in [6.07, 6.45) is 7.65. The molecule has 4 rings (SSSR count). The monoisotopic (exact) mass is 470 g/mol. The van der Waals surface area contributed by atoms with Crippen LogP contribution in [0.1, 0.15) is 66.2 Å². The van der Waals surface area contributed by atoms with E-state index in [0.29, 0.717) is 39.7 Å². The van der Waals surface area contributed by atoms with E-state index in [1.165, 1.54) is 32.1 Å². The second-order valence-corrected chi connectivity index (χ2v) is 11.1. The molecule has 170 valence electrons. The van der Waals surface area contributed by atoms with Crippen LogP contribution in [-0.2, 0) is 10.8 Å². The first-order valence-electron chi connectivity index (χ1n) is 11.5. The summed E-state index contributed by atoms with van der Waals surface area (Å²) < 4.78 is 13.2. The quantitative estimate of drug-likeness (QED) is 0.577. The van der Waals surface area contributed by atoms with Crippen molar-refractivity contribution in [3.05, 3.63) is 53.6 Å². The lowest BCUT2D eigenvalue weighted by molar-refractivity contribution is 0.0950. The zero-order chi connectivity index (χ0) is 22.5. The maximum absolute atomic E-state index is 13.2. The second kappa shape index (κ2) is 10.7. The van der Waals surface area contributed by atoms with E-state index < -0.39 is 10.8 Å². The zero-order valence-corrected chi connectivity index (χ0v) is 20.1. The van der Waals surface area contributed by atoms with Crippen LogP contribution in [0.2, 0.25) is 0 Å². The molecule has 0 spiro atoms. The highest BCUT2D eigenvalue weighted by Crippen LogP contribution is 2.35. The number of anilines is 1. The third kappa shape index (κ3) is 4.94. The van der Waals surface area contributed by atoms with Crippen LogP contribution in [0.5, 0.6) is 0 Å². The maximum Gasteiger partial charge on any atom is 0.259 e. The Balaban J connectivity index is 1.43. The Bertz CT molecular complexity index is 1020. The van der Waals surface area contributed by atoms with Crippen LogP contribution in [0.15, 0.2) is 52.3 Å². The van der Waals surface area contributed by atoms with E-state index in [1.54, 1.807) is 47.4 Å². The molecule has 7 heteroatoms. The Labute approximate surface area is 196 Å². The first kappa shape index (κ1) is 23.1. The van der Waals surface area contributed by atoms with E-state index in [1.807, 2.05) is 18.7 Å². The van der Waals surface area contributed by atoms with E-state index >= 15 is 0 Å². The van der Waals surface area contributed by atoms with Crippen molar-refractivity contribution in [2.75, 3.05) is 23.7 Å². The Morgan fingerprint density at radius 2 is 1.91 bits per heavy atom. The number of hydrogen-bond acceptors (Lipinski definition) is 4. The van der Waals surface area contributed by atoms with Crippen molar-refractivity contribution in [2.24, 2.45) is 0 Å². The lowest BCUT2D eigenvalue weighted by atomic mass is 10.0. The molecule has 0 radical (unpaired) electrons. The lowest BCUT2D eigenvalue weighted by Crippen LogP contribution is -2.31. The molecule has 1 aliphatic carbocycles. The summed E-state index contributed by atoms with van der Waals surface area (Å²) in [5.74, 6) is 0.712. The average molecular weight is 471 g/mol. The third-order valence-corrected chi connectivity index (χ3v) is 9.07. The van der Waals surface area contributed by atoms with Gasteiger partial charge in [0, 0.05) is 23.9 Å². The van der Waals surface area contributed by atoms with Gasteiger partial charge in [0.25, 0.3) is 11.8 Å². The minimum absolute atomic E-state index is 0.161. The van der Waals surface area contributed by atoms with Crippen LogP contribution in [0, 0.1) is 0 Å². The van der Waals surface area contributed by atoms with Crippen molar-refractivity contribution in [1.82, 2.24) is 5.32 Å².